The first-order chi connectivity index (χ1) is 17.1. The number of nitrogens with zero attached hydrogens (tertiary/aromatic N) is 3. The number of fused-ring (bicyclic) bond motifs is 1. The number of imidazole rings is 1. The zero-order valence-corrected chi connectivity index (χ0v) is 20.3. The first kappa shape index (κ1) is 23.7. The summed E-state index contributed by atoms with van der Waals surface area (Å²) in [7, 11) is 1.68. The number of hydrogen-bond donors (Lipinski definition) is 2. The molecule has 5 rings (SSSR count). The molecular weight excluding hydrogens is 442 g/mol. The summed E-state index contributed by atoms with van der Waals surface area (Å²) in [5.74, 6) is -0.458. The van der Waals surface area contributed by atoms with Gasteiger partial charge in [-0.15, -0.1) is 0 Å². The van der Waals surface area contributed by atoms with Crippen molar-refractivity contribution in [2.24, 2.45) is 0 Å². The molecule has 4 heterocycles. The molecule has 1 aromatic carbocycles. The lowest BCUT2D eigenvalue weighted by atomic mass is 9.99. The normalized spacial score (nSPS) is 19.3. The van der Waals surface area contributed by atoms with Crippen LogP contribution in [0.1, 0.15) is 48.8 Å². The Bertz CT molecular complexity index is 1210. The van der Waals surface area contributed by atoms with Gasteiger partial charge < -0.3 is 10.1 Å². The molecule has 2 aliphatic heterocycles. The van der Waals surface area contributed by atoms with Gasteiger partial charge in [-0.05, 0) is 72.8 Å². The fourth-order valence-electron chi connectivity index (χ4n) is 5.15. The number of methoxy groups -OCH3 is 1. The SMILES string of the molecule is COCc1ccc(-c2cc(CN3CCCCC3)cc3cncn23)cc1CNC1CCC(=O)NC1=O. The highest BCUT2D eigenvalue weighted by atomic mass is 16.5. The van der Waals surface area contributed by atoms with Crippen LogP contribution >= 0.6 is 0 Å². The fraction of sp³-hybridized carbons (Fsp3) is 0.444. The van der Waals surface area contributed by atoms with Crippen LogP contribution in [0.2, 0.25) is 0 Å². The molecule has 2 aromatic heterocycles. The number of likely N-dealkylation sites (tertiary alicyclic amines) is 1. The van der Waals surface area contributed by atoms with Crippen molar-refractivity contribution in [2.75, 3.05) is 20.2 Å². The van der Waals surface area contributed by atoms with Gasteiger partial charge in [-0.2, -0.15) is 0 Å². The van der Waals surface area contributed by atoms with Gasteiger partial charge >= 0.3 is 0 Å². The molecule has 2 saturated heterocycles. The van der Waals surface area contributed by atoms with Gasteiger partial charge in [0.2, 0.25) is 11.8 Å². The highest BCUT2D eigenvalue weighted by molar-refractivity contribution is 6.00. The van der Waals surface area contributed by atoms with E-state index < -0.39 is 0 Å². The lowest BCUT2D eigenvalue weighted by molar-refractivity contribution is -0.134. The Kier molecular flexibility index (Phi) is 7.22. The van der Waals surface area contributed by atoms with E-state index in [1.807, 2.05) is 12.5 Å². The molecule has 8 heteroatoms. The zero-order chi connectivity index (χ0) is 24.2. The van der Waals surface area contributed by atoms with Crippen LogP contribution in [0, 0.1) is 0 Å². The minimum Gasteiger partial charge on any atom is -0.380 e. The summed E-state index contributed by atoms with van der Waals surface area (Å²) >= 11 is 0. The first-order valence-electron chi connectivity index (χ1n) is 12.5. The van der Waals surface area contributed by atoms with Gasteiger partial charge in [-0.25, -0.2) is 4.98 Å². The third kappa shape index (κ3) is 5.45. The zero-order valence-electron chi connectivity index (χ0n) is 20.3. The number of benzene rings is 1. The maximum Gasteiger partial charge on any atom is 0.243 e. The average Bonchev–Trinajstić information content (AvgIpc) is 3.33. The number of carbonyl (C=O) groups is 2. The molecule has 184 valence electrons. The summed E-state index contributed by atoms with van der Waals surface area (Å²) in [5, 5.41) is 5.76. The van der Waals surface area contributed by atoms with E-state index in [9.17, 15) is 9.59 Å². The number of rotatable bonds is 8. The number of nitrogens with one attached hydrogen (secondary N) is 2. The standard InChI is InChI=1S/C27H33N5O3/c1-35-17-21-6-5-20(13-22(21)14-29-24-7-8-26(33)30-27(24)34)25-12-19(11-23-15-28-18-32(23)25)16-31-9-3-2-4-10-31/h5-6,11-13,15,18,24,29H,2-4,7-10,14,16-17H2,1H3,(H,30,33,34). The number of ether oxygens (including phenoxy) is 1. The van der Waals surface area contributed by atoms with E-state index in [0.717, 1.165) is 47.5 Å². The Morgan fingerprint density at radius 1 is 1.11 bits per heavy atom. The van der Waals surface area contributed by atoms with E-state index in [1.54, 1.807) is 7.11 Å². The smallest absolute Gasteiger partial charge is 0.243 e. The van der Waals surface area contributed by atoms with Crippen molar-refractivity contribution in [3.05, 3.63) is 59.5 Å². The Morgan fingerprint density at radius 3 is 2.77 bits per heavy atom. The Morgan fingerprint density at radius 2 is 1.97 bits per heavy atom. The molecule has 0 saturated carbocycles. The van der Waals surface area contributed by atoms with Gasteiger partial charge in [0.15, 0.2) is 0 Å². The van der Waals surface area contributed by atoms with E-state index >= 15 is 0 Å². The molecule has 2 amide bonds. The molecule has 0 bridgehead atoms. The Labute approximate surface area is 205 Å². The largest absolute Gasteiger partial charge is 0.380 e. The maximum atomic E-state index is 12.2. The van der Waals surface area contributed by atoms with Gasteiger partial charge in [0, 0.05) is 26.6 Å². The fourth-order valence-corrected chi connectivity index (χ4v) is 5.15. The molecule has 35 heavy (non-hydrogen) atoms. The molecule has 2 N–H and O–H groups in total. The summed E-state index contributed by atoms with van der Waals surface area (Å²) in [6.07, 6.45) is 8.51. The molecular formula is C27H33N5O3. The molecule has 0 aliphatic carbocycles. The van der Waals surface area contributed by atoms with E-state index in [2.05, 4.69) is 55.2 Å². The molecule has 2 aliphatic rings. The van der Waals surface area contributed by atoms with Crippen molar-refractivity contribution in [1.82, 2.24) is 24.9 Å². The van der Waals surface area contributed by atoms with E-state index in [1.165, 1.54) is 24.8 Å². The van der Waals surface area contributed by atoms with Crippen molar-refractivity contribution >= 4 is 17.3 Å². The Balaban J connectivity index is 1.43. The number of amides is 2. The van der Waals surface area contributed by atoms with Crippen LogP contribution in [-0.4, -0.2) is 52.3 Å². The minimum atomic E-state index is -0.375. The number of hydrogen-bond acceptors (Lipinski definition) is 6. The molecule has 8 nitrogen and oxygen atoms in total. The predicted molar refractivity (Wildman–Crippen MR) is 133 cm³/mol. The van der Waals surface area contributed by atoms with Crippen LogP contribution < -0.4 is 10.6 Å². The van der Waals surface area contributed by atoms with Crippen molar-refractivity contribution in [3.63, 3.8) is 0 Å². The summed E-state index contributed by atoms with van der Waals surface area (Å²) in [6, 6.07) is 10.5. The second kappa shape index (κ2) is 10.7. The van der Waals surface area contributed by atoms with E-state index in [-0.39, 0.29) is 17.9 Å². The maximum absolute atomic E-state index is 12.2. The van der Waals surface area contributed by atoms with Crippen LogP contribution in [0.25, 0.3) is 16.8 Å². The number of aromatic nitrogens is 2. The highest BCUT2D eigenvalue weighted by Crippen LogP contribution is 2.27. The highest BCUT2D eigenvalue weighted by Gasteiger charge is 2.26. The first-order valence-corrected chi connectivity index (χ1v) is 12.5. The monoisotopic (exact) mass is 475 g/mol. The van der Waals surface area contributed by atoms with Crippen LogP contribution in [0.3, 0.4) is 0 Å². The number of piperidine rings is 2. The average molecular weight is 476 g/mol. The van der Waals surface area contributed by atoms with Crippen LogP contribution in [0.4, 0.5) is 0 Å². The van der Waals surface area contributed by atoms with E-state index in [0.29, 0.717) is 26.0 Å². The quantitative estimate of drug-likeness (QED) is 0.487. The third-order valence-electron chi connectivity index (χ3n) is 7.02. The number of pyridine rings is 1. The van der Waals surface area contributed by atoms with Gasteiger partial charge in [0.05, 0.1) is 36.4 Å². The summed E-state index contributed by atoms with van der Waals surface area (Å²) < 4.78 is 7.56. The molecule has 3 aromatic rings. The molecule has 0 spiro atoms. The molecule has 1 unspecified atom stereocenters. The summed E-state index contributed by atoms with van der Waals surface area (Å²) in [6.45, 7) is 4.26. The van der Waals surface area contributed by atoms with Gasteiger partial charge in [-0.3, -0.25) is 24.2 Å². The van der Waals surface area contributed by atoms with Crippen LogP contribution in [0.15, 0.2) is 42.9 Å². The van der Waals surface area contributed by atoms with E-state index in [4.69, 9.17) is 4.74 Å². The van der Waals surface area contributed by atoms with Crippen molar-refractivity contribution in [2.45, 2.75) is 57.8 Å². The number of carbonyl (C=O) groups excluding carboxylic acids is 2. The lowest BCUT2D eigenvalue weighted by Gasteiger charge is -2.26. The van der Waals surface area contributed by atoms with Crippen LogP contribution in [-0.2, 0) is 34.0 Å². The molecule has 0 radical (unpaired) electrons. The van der Waals surface area contributed by atoms with Gasteiger partial charge in [-0.1, -0.05) is 18.6 Å². The second-order valence-electron chi connectivity index (χ2n) is 9.58. The van der Waals surface area contributed by atoms with Crippen molar-refractivity contribution in [1.29, 1.82) is 0 Å². The summed E-state index contributed by atoms with van der Waals surface area (Å²) in [5.41, 5.74) is 6.70. The molecule has 2 fully saturated rings. The summed E-state index contributed by atoms with van der Waals surface area (Å²) in [4.78, 5) is 30.6. The van der Waals surface area contributed by atoms with Crippen LogP contribution in [0.5, 0.6) is 0 Å². The van der Waals surface area contributed by atoms with Gasteiger partial charge in [0.25, 0.3) is 0 Å². The number of imide groups is 1. The van der Waals surface area contributed by atoms with Crippen molar-refractivity contribution in [3.8, 4) is 11.3 Å². The predicted octanol–water partition coefficient (Wildman–Crippen LogP) is 3.03. The lowest BCUT2D eigenvalue weighted by Crippen LogP contribution is -2.50. The topological polar surface area (TPSA) is 88.0 Å². The molecule has 1 atom stereocenters. The minimum absolute atomic E-state index is 0.205. The van der Waals surface area contributed by atoms with Crippen molar-refractivity contribution < 1.29 is 14.3 Å². The Hall–Kier alpha value is -3.07. The third-order valence-corrected chi connectivity index (χ3v) is 7.02. The van der Waals surface area contributed by atoms with Gasteiger partial charge in [0.1, 0.15) is 0 Å². The second-order valence-corrected chi connectivity index (χ2v) is 9.58.